The van der Waals surface area contributed by atoms with Gasteiger partial charge in [0.1, 0.15) is 11.5 Å². The molecule has 23 heavy (non-hydrogen) atoms. The van der Waals surface area contributed by atoms with E-state index in [1.54, 1.807) is 24.3 Å². The smallest absolute Gasteiger partial charge is 0.275 e. The van der Waals surface area contributed by atoms with E-state index in [4.69, 9.17) is 0 Å². The highest BCUT2D eigenvalue weighted by Gasteiger charge is 2.11. The number of nitrogens with zero attached hydrogens (tertiary/aromatic N) is 1. The molecule has 114 valence electrons. The number of phenolic OH excluding ortho intramolecular Hbond substituents is 2. The van der Waals surface area contributed by atoms with Crippen molar-refractivity contribution in [1.82, 2.24) is 5.43 Å². The van der Waals surface area contributed by atoms with Crippen molar-refractivity contribution in [3.05, 3.63) is 71.8 Å². The maximum atomic E-state index is 12.1. The highest BCUT2D eigenvalue weighted by Crippen LogP contribution is 2.24. The number of amides is 1. The van der Waals surface area contributed by atoms with Crippen molar-refractivity contribution in [2.75, 3.05) is 0 Å². The number of hydrogen-bond acceptors (Lipinski definition) is 4. The first-order valence-electron chi connectivity index (χ1n) is 6.98. The number of phenols is 2. The zero-order chi connectivity index (χ0) is 16.2. The molecular formula is C18H14N2O3. The molecule has 0 aliphatic rings. The van der Waals surface area contributed by atoms with Gasteiger partial charge < -0.3 is 10.2 Å². The molecule has 5 heteroatoms. The summed E-state index contributed by atoms with van der Waals surface area (Å²) in [6.07, 6.45) is 1.34. The zero-order valence-corrected chi connectivity index (χ0v) is 12.1. The van der Waals surface area contributed by atoms with E-state index < -0.39 is 5.91 Å². The first kappa shape index (κ1) is 14.6. The van der Waals surface area contributed by atoms with E-state index in [1.807, 2.05) is 24.3 Å². The SMILES string of the molecule is O=C(N/N=C/c1ccccc1O)c1cc2ccccc2cc1O. The third-order valence-corrected chi connectivity index (χ3v) is 3.42. The summed E-state index contributed by atoms with van der Waals surface area (Å²) in [7, 11) is 0. The molecular weight excluding hydrogens is 292 g/mol. The molecule has 0 spiro atoms. The van der Waals surface area contributed by atoms with Crippen LogP contribution in [0.2, 0.25) is 0 Å². The summed E-state index contributed by atoms with van der Waals surface area (Å²) in [5.74, 6) is -0.571. The van der Waals surface area contributed by atoms with E-state index in [1.165, 1.54) is 18.3 Å². The van der Waals surface area contributed by atoms with Crippen molar-refractivity contribution in [2.24, 2.45) is 5.10 Å². The van der Waals surface area contributed by atoms with Crippen LogP contribution in [0.5, 0.6) is 11.5 Å². The molecule has 0 aliphatic heterocycles. The van der Waals surface area contributed by atoms with Crippen LogP contribution in [0.25, 0.3) is 10.8 Å². The number of rotatable bonds is 3. The number of hydrogen-bond donors (Lipinski definition) is 3. The quantitative estimate of drug-likeness (QED) is 0.514. The Labute approximate surface area is 132 Å². The van der Waals surface area contributed by atoms with Gasteiger partial charge in [0.15, 0.2) is 0 Å². The van der Waals surface area contributed by atoms with E-state index in [9.17, 15) is 15.0 Å². The van der Waals surface area contributed by atoms with Gasteiger partial charge in [0.05, 0.1) is 11.8 Å². The molecule has 0 unspecified atom stereocenters. The minimum atomic E-state index is -0.528. The van der Waals surface area contributed by atoms with Gasteiger partial charge in [-0.3, -0.25) is 4.79 Å². The Bertz CT molecular complexity index is 904. The fraction of sp³-hybridized carbons (Fsp3) is 0. The number of carbonyl (C=O) groups excluding carboxylic acids is 1. The highest BCUT2D eigenvalue weighted by molar-refractivity contribution is 6.01. The fourth-order valence-electron chi connectivity index (χ4n) is 2.23. The van der Waals surface area contributed by atoms with Gasteiger partial charge in [-0.25, -0.2) is 5.43 Å². The third kappa shape index (κ3) is 3.13. The summed E-state index contributed by atoms with van der Waals surface area (Å²) in [4.78, 5) is 12.1. The Morgan fingerprint density at radius 3 is 2.30 bits per heavy atom. The van der Waals surface area contributed by atoms with Gasteiger partial charge in [-0.1, -0.05) is 36.4 Å². The average Bonchev–Trinajstić information content (AvgIpc) is 2.56. The van der Waals surface area contributed by atoms with E-state index >= 15 is 0 Å². The van der Waals surface area contributed by atoms with E-state index in [2.05, 4.69) is 10.5 Å². The lowest BCUT2D eigenvalue weighted by molar-refractivity contribution is 0.0952. The fourth-order valence-corrected chi connectivity index (χ4v) is 2.23. The second-order valence-corrected chi connectivity index (χ2v) is 4.97. The number of aromatic hydroxyl groups is 2. The van der Waals surface area contributed by atoms with Crippen molar-refractivity contribution in [3.63, 3.8) is 0 Å². The molecule has 0 radical (unpaired) electrons. The van der Waals surface area contributed by atoms with Crippen LogP contribution in [0.15, 0.2) is 65.8 Å². The van der Waals surface area contributed by atoms with E-state index in [0.717, 1.165) is 10.8 Å². The summed E-state index contributed by atoms with van der Waals surface area (Å²) in [5.41, 5.74) is 2.96. The van der Waals surface area contributed by atoms with Crippen LogP contribution in [0.3, 0.4) is 0 Å². The van der Waals surface area contributed by atoms with Gasteiger partial charge >= 0.3 is 0 Å². The van der Waals surface area contributed by atoms with Crippen LogP contribution in [-0.4, -0.2) is 22.3 Å². The van der Waals surface area contributed by atoms with E-state index in [-0.39, 0.29) is 17.1 Å². The van der Waals surface area contributed by atoms with Crippen molar-refractivity contribution in [2.45, 2.75) is 0 Å². The first-order valence-corrected chi connectivity index (χ1v) is 6.98. The van der Waals surface area contributed by atoms with Crippen LogP contribution < -0.4 is 5.43 Å². The maximum absolute atomic E-state index is 12.1. The first-order chi connectivity index (χ1) is 11.1. The summed E-state index contributed by atoms with van der Waals surface area (Å²) < 4.78 is 0. The predicted molar refractivity (Wildman–Crippen MR) is 88.8 cm³/mol. The number of benzene rings is 3. The third-order valence-electron chi connectivity index (χ3n) is 3.42. The Balaban J connectivity index is 1.81. The molecule has 1 amide bonds. The molecule has 0 saturated carbocycles. The maximum Gasteiger partial charge on any atom is 0.275 e. The summed E-state index contributed by atoms with van der Waals surface area (Å²) in [5, 5.41) is 25.1. The second-order valence-electron chi connectivity index (χ2n) is 4.97. The largest absolute Gasteiger partial charge is 0.507 e. The van der Waals surface area contributed by atoms with Gasteiger partial charge in [-0.2, -0.15) is 5.10 Å². The number of fused-ring (bicyclic) bond motifs is 1. The number of hydrazone groups is 1. The van der Waals surface area contributed by atoms with Gasteiger partial charge in [-0.05, 0) is 35.0 Å². The summed E-state index contributed by atoms with van der Waals surface area (Å²) in [6, 6.07) is 17.2. The topological polar surface area (TPSA) is 81.9 Å². The van der Waals surface area contributed by atoms with Gasteiger partial charge in [0.25, 0.3) is 5.91 Å². The monoisotopic (exact) mass is 306 g/mol. The number of para-hydroxylation sites is 1. The normalized spacial score (nSPS) is 11.0. The number of carbonyl (C=O) groups is 1. The molecule has 0 aromatic heterocycles. The van der Waals surface area contributed by atoms with Crippen LogP contribution in [0.1, 0.15) is 15.9 Å². The molecule has 0 fully saturated rings. The van der Waals surface area contributed by atoms with Crippen LogP contribution in [0.4, 0.5) is 0 Å². The summed E-state index contributed by atoms with van der Waals surface area (Å²) >= 11 is 0. The van der Waals surface area contributed by atoms with Crippen LogP contribution >= 0.6 is 0 Å². The lowest BCUT2D eigenvalue weighted by Gasteiger charge is -2.05. The molecule has 5 nitrogen and oxygen atoms in total. The zero-order valence-electron chi connectivity index (χ0n) is 12.1. The molecule has 0 aliphatic carbocycles. The number of nitrogens with one attached hydrogen (secondary N) is 1. The van der Waals surface area contributed by atoms with Gasteiger partial charge in [-0.15, -0.1) is 0 Å². The highest BCUT2D eigenvalue weighted by atomic mass is 16.3. The van der Waals surface area contributed by atoms with Crippen molar-refractivity contribution < 1.29 is 15.0 Å². The Hall–Kier alpha value is -3.34. The van der Waals surface area contributed by atoms with Crippen molar-refractivity contribution in [3.8, 4) is 11.5 Å². The van der Waals surface area contributed by atoms with Gasteiger partial charge in [0.2, 0.25) is 0 Å². The Morgan fingerprint density at radius 1 is 0.913 bits per heavy atom. The predicted octanol–water partition coefficient (Wildman–Crippen LogP) is 3.01. The van der Waals surface area contributed by atoms with Crippen LogP contribution in [0, 0.1) is 0 Å². The minimum Gasteiger partial charge on any atom is -0.507 e. The molecule has 3 aromatic carbocycles. The van der Waals surface area contributed by atoms with Crippen molar-refractivity contribution in [1.29, 1.82) is 0 Å². The second kappa shape index (κ2) is 6.19. The molecule has 0 heterocycles. The van der Waals surface area contributed by atoms with Crippen molar-refractivity contribution >= 4 is 22.9 Å². The van der Waals surface area contributed by atoms with Gasteiger partial charge in [0, 0.05) is 5.56 Å². The standard InChI is InChI=1S/C18H14N2O3/c21-16-8-4-3-7-14(16)11-19-20-18(23)15-9-12-5-1-2-6-13(12)10-17(15)22/h1-11,21-22H,(H,20,23)/b19-11+. The lowest BCUT2D eigenvalue weighted by atomic mass is 10.1. The molecule has 0 atom stereocenters. The molecule has 0 bridgehead atoms. The Morgan fingerprint density at radius 2 is 1.57 bits per heavy atom. The molecule has 3 N–H and O–H groups in total. The molecule has 3 aromatic rings. The Kier molecular flexibility index (Phi) is 3.93. The molecule has 3 rings (SSSR count). The minimum absolute atomic E-state index is 0.0686. The van der Waals surface area contributed by atoms with E-state index in [0.29, 0.717) is 5.56 Å². The van der Waals surface area contributed by atoms with Crippen LogP contribution in [-0.2, 0) is 0 Å². The summed E-state index contributed by atoms with van der Waals surface area (Å²) in [6.45, 7) is 0. The molecule has 0 saturated heterocycles. The lowest BCUT2D eigenvalue weighted by Crippen LogP contribution is -2.17. The average molecular weight is 306 g/mol.